The molecule has 0 aliphatic rings. The zero-order chi connectivity index (χ0) is 31.2. The number of ether oxygens (including phenoxy) is 6. The smallest absolute Gasteiger partial charge is 0.338 e. The first-order chi connectivity index (χ1) is 21.5. The van der Waals surface area contributed by atoms with E-state index in [1.807, 2.05) is 54.6 Å². The Bertz CT molecular complexity index is 1260. The van der Waals surface area contributed by atoms with Crippen LogP contribution in [0.1, 0.15) is 35.2 Å². The number of Topliss-reactive ketones (excluding diaryl/α,β-unsaturated/α-hetero) is 1. The fourth-order valence-corrected chi connectivity index (χ4v) is 3.90. The molecule has 0 saturated heterocycles. The third kappa shape index (κ3) is 14.4. The lowest BCUT2D eigenvalue weighted by Gasteiger charge is -2.09. The topological polar surface area (TPSA) is 127 Å². The maximum Gasteiger partial charge on any atom is 0.338 e. The van der Waals surface area contributed by atoms with Crippen LogP contribution in [0.25, 0.3) is 11.1 Å². The van der Waals surface area contributed by atoms with Crippen molar-refractivity contribution in [3.05, 3.63) is 90.0 Å². The molecule has 0 unspecified atom stereocenters. The lowest BCUT2D eigenvalue weighted by molar-refractivity contribution is -0.138. The molecule has 0 bridgehead atoms. The number of rotatable bonds is 23. The van der Waals surface area contributed by atoms with Gasteiger partial charge in [0.05, 0.1) is 58.2 Å². The van der Waals surface area contributed by atoms with E-state index in [0.29, 0.717) is 70.4 Å². The summed E-state index contributed by atoms with van der Waals surface area (Å²) in [4.78, 5) is 35.1. The molecule has 1 N–H and O–H groups in total. The first-order valence-corrected chi connectivity index (χ1v) is 14.6. The SMILES string of the molecule is O=C(O)CCOCCOCCOCCOCCCC(=O)COc1ccc(-c2cccc(C(=O)OCc3ccccc3)c2)cc1. The van der Waals surface area contributed by atoms with E-state index >= 15 is 0 Å². The molecular weight excluding hydrogens is 568 g/mol. The van der Waals surface area contributed by atoms with Crippen molar-refractivity contribution in [3.63, 3.8) is 0 Å². The van der Waals surface area contributed by atoms with Crippen molar-refractivity contribution in [2.24, 2.45) is 0 Å². The molecule has 3 aromatic rings. The molecule has 0 heterocycles. The number of carboxylic acid groups (broad SMARTS) is 1. The summed E-state index contributed by atoms with van der Waals surface area (Å²) in [5, 5.41) is 8.50. The zero-order valence-corrected chi connectivity index (χ0v) is 24.8. The Balaban J connectivity index is 1.22. The molecule has 10 nitrogen and oxygen atoms in total. The van der Waals surface area contributed by atoms with E-state index in [1.54, 1.807) is 24.3 Å². The molecule has 0 aromatic heterocycles. The Labute approximate surface area is 257 Å². The summed E-state index contributed by atoms with van der Waals surface area (Å²) in [6, 6.07) is 24.2. The summed E-state index contributed by atoms with van der Waals surface area (Å²) < 4.78 is 32.4. The van der Waals surface area contributed by atoms with Crippen LogP contribution in [0.5, 0.6) is 5.75 Å². The maximum atomic E-state index is 12.5. The van der Waals surface area contributed by atoms with Gasteiger partial charge in [-0.1, -0.05) is 54.6 Å². The lowest BCUT2D eigenvalue weighted by Crippen LogP contribution is -2.14. The summed E-state index contributed by atoms with van der Waals surface area (Å²) in [7, 11) is 0. The number of carbonyl (C=O) groups is 3. The molecule has 0 spiro atoms. The molecular formula is C34H40O10. The summed E-state index contributed by atoms with van der Waals surface area (Å²) in [6.07, 6.45) is 0.931. The van der Waals surface area contributed by atoms with Crippen LogP contribution in [0.4, 0.5) is 0 Å². The number of esters is 1. The van der Waals surface area contributed by atoms with Gasteiger partial charge in [-0.05, 0) is 47.4 Å². The number of hydrogen-bond donors (Lipinski definition) is 1. The van der Waals surface area contributed by atoms with Crippen LogP contribution in [0.15, 0.2) is 78.9 Å². The monoisotopic (exact) mass is 608 g/mol. The number of ketones is 1. The van der Waals surface area contributed by atoms with Gasteiger partial charge in [0.1, 0.15) is 19.0 Å². The Kier molecular flexibility index (Phi) is 16.2. The predicted octanol–water partition coefficient (Wildman–Crippen LogP) is 4.98. The lowest BCUT2D eigenvalue weighted by atomic mass is 10.0. The van der Waals surface area contributed by atoms with E-state index in [2.05, 4.69) is 0 Å². The Morgan fingerprint density at radius 3 is 1.91 bits per heavy atom. The second-order valence-electron chi connectivity index (χ2n) is 9.69. The summed E-state index contributed by atoms with van der Waals surface area (Å²) in [6.45, 7) is 3.24. The second kappa shape index (κ2) is 20.8. The third-order valence-electron chi connectivity index (χ3n) is 6.22. The molecule has 0 fully saturated rings. The van der Waals surface area contributed by atoms with Gasteiger partial charge in [-0.2, -0.15) is 0 Å². The van der Waals surface area contributed by atoms with Gasteiger partial charge in [-0.25, -0.2) is 4.79 Å². The highest BCUT2D eigenvalue weighted by atomic mass is 16.6. The Morgan fingerprint density at radius 2 is 1.25 bits per heavy atom. The molecule has 0 radical (unpaired) electrons. The van der Waals surface area contributed by atoms with Gasteiger partial charge in [0.25, 0.3) is 0 Å². The molecule has 0 saturated carbocycles. The van der Waals surface area contributed by atoms with E-state index in [1.165, 1.54) is 0 Å². The minimum atomic E-state index is -0.887. The van der Waals surface area contributed by atoms with Crippen molar-refractivity contribution in [2.45, 2.75) is 25.9 Å². The first-order valence-electron chi connectivity index (χ1n) is 14.6. The normalized spacial score (nSPS) is 10.8. The van der Waals surface area contributed by atoms with Gasteiger partial charge < -0.3 is 33.5 Å². The third-order valence-corrected chi connectivity index (χ3v) is 6.22. The fraction of sp³-hybridized carbons (Fsp3) is 0.382. The molecule has 0 aliphatic heterocycles. The predicted molar refractivity (Wildman–Crippen MR) is 163 cm³/mol. The van der Waals surface area contributed by atoms with Gasteiger partial charge >= 0.3 is 11.9 Å². The molecule has 0 amide bonds. The van der Waals surface area contributed by atoms with Gasteiger partial charge in [-0.15, -0.1) is 0 Å². The number of benzene rings is 3. The van der Waals surface area contributed by atoms with Crippen LogP contribution in [0.2, 0.25) is 0 Å². The average molecular weight is 609 g/mol. The standard InChI is InChI=1S/C34H40O10/c35-31(10-5-16-39-18-20-41-22-23-42-21-19-40-17-15-33(36)37)26-43-32-13-11-28(12-14-32)29-8-4-9-30(24-29)34(38)44-25-27-6-2-1-3-7-27/h1-4,6-9,11-14,24H,5,10,15-23,25-26H2,(H,36,37). The zero-order valence-electron chi connectivity index (χ0n) is 24.8. The number of carbonyl (C=O) groups excluding carboxylic acids is 2. The summed E-state index contributed by atoms with van der Waals surface area (Å²) in [5.41, 5.74) is 3.19. The van der Waals surface area contributed by atoms with Crippen LogP contribution < -0.4 is 4.74 Å². The van der Waals surface area contributed by atoms with Crippen molar-refractivity contribution < 1.29 is 47.9 Å². The van der Waals surface area contributed by atoms with Crippen molar-refractivity contribution in [1.29, 1.82) is 0 Å². The van der Waals surface area contributed by atoms with Gasteiger partial charge in [0, 0.05) is 13.0 Å². The van der Waals surface area contributed by atoms with Crippen molar-refractivity contribution in [1.82, 2.24) is 0 Å². The van der Waals surface area contributed by atoms with Crippen molar-refractivity contribution in [3.8, 4) is 16.9 Å². The quantitative estimate of drug-likeness (QED) is 0.116. The van der Waals surface area contributed by atoms with Crippen LogP contribution in [-0.2, 0) is 39.9 Å². The highest BCUT2D eigenvalue weighted by Crippen LogP contribution is 2.24. The van der Waals surface area contributed by atoms with Crippen molar-refractivity contribution >= 4 is 17.7 Å². The average Bonchev–Trinajstić information content (AvgIpc) is 3.05. The maximum absolute atomic E-state index is 12.5. The summed E-state index contributed by atoms with van der Waals surface area (Å²) in [5.74, 6) is -0.698. The Morgan fingerprint density at radius 1 is 0.614 bits per heavy atom. The van der Waals surface area contributed by atoms with E-state index in [-0.39, 0.29) is 38.0 Å². The number of carboxylic acids is 1. The van der Waals surface area contributed by atoms with Crippen LogP contribution >= 0.6 is 0 Å². The minimum absolute atomic E-state index is 0.0141. The van der Waals surface area contributed by atoms with Crippen LogP contribution in [0, 0.1) is 0 Å². The van der Waals surface area contributed by atoms with E-state index in [0.717, 1.165) is 16.7 Å². The van der Waals surface area contributed by atoms with E-state index < -0.39 is 5.97 Å². The molecule has 3 aromatic carbocycles. The van der Waals surface area contributed by atoms with Crippen LogP contribution in [-0.4, -0.2) is 82.3 Å². The number of hydrogen-bond acceptors (Lipinski definition) is 9. The summed E-state index contributed by atoms with van der Waals surface area (Å²) >= 11 is 0. The largest absolute Gasteiger partial charge is 0.486 e. The molecule has 3 rings (SSSR count). The van der Waals surface area contributed by atoms with Gasteiger partial charge in [0.15, 0.2) is 5.78 Å². The highest BCUT2D eigenvalue weighted by molar-refractivity contribution is 5.91. The Hall–Kier alpha value is -4.09. The first kappa shape index (κ1) is 34.4. The second-order valence-corrected chi connectivity index (χ2v) is 9.69. The van der Waals surface area contributed by atoms with Crippen LogP contribution in [0.3, 0.4) is 0 Å². The molecule has 10 heteroatoms. The molecule has 0 aliphatic carbocycles. The molecule has 44 heavy (non-hydrogen) atoms. The van der Waals surface area contributed by atoms with Gasteiger partial charge in [0.2, 0.25) is 0 Å². The fourth-order valence-electron chi connectivity index (χ4n) is 3.90. The number of aliphatic carboxylic acids is 1. The minimum Gasteiger partial charge on any atom is -0.486 e. The van der Waals surface area contributed by atoms with E-state index in [9.17, 15) is 14.4 Å². The van der Waals surface area contributed by atoms with Gasteiger partial charge in [-0.3, -0.25) is 9.59 Å². The molecule has 0 atom stereocenters. The molecule has 236 valence electrons. The van der Waals surface area contributed by atoms with Crippen molar-refractivity contribution in [2.75, 3.05) is 59.5 Å². The van der Waals surface area contributed by atoms with E-state index in [4.69, 9.17) is 33.5 Å². The highest BCUT2D eigenvalue weighted by Gasteiger charge is 2.10.